The van der Waals surface area contributed by atoms with Crippen molar-refractivity contribution in [3.63, 3.8) is 0 Å². The fourth-order valence-electron chi connectivity index (χ4n) is 4.31. The predicted octanol–water partition coefficient (Wildman–Crippen LogP) is 1.19. The number of aliphatic hydroxyl groups is 2. The molecule has 0 aromatic rings. The van der Waals surface area contributed by atoms with Crippen molar-refractivity contribution < 1.29 is 24.5 Å². The molecule has 2 aliphatic heterocycles. The Morgan fingerprint density at radius 3 is 2.75 bits per heavy atom. The second-order valence-electron chi connectivity index (χ2n) is 6.78. The summed E-state index contributed by atoms with van der Waals surface area (Å²) in [5.41, 5.74) is 0.0111. The Morgan fingerprint density at radius 2 is 2.05 bits per heavy atom. The maximum Gasteiger partial charge on any atom is 0.334 e. The first-order chi connectivity index (χ1) is 9.33. The van der Waals surface area contributed by atoms with Crippen LogP contribution in [-0.2, 0) is 14.3 Å². The summed E-state index contributed by atoms with van der Waals surface area (Å²) in [6, 6.07) is 0. The van der Waals surface area contributed by atoms with Crippen LogP contribution in [0.5, 0.6) is 0 Å². The molecule has 2 heterocycles. The molecule has 112 valence electrons. The summed E-state index contributed by atoms with van der Waals surface area (Å²) in [4.78, 5) is 11.7. The van der Waals surface area contributed by atoms with Gasteiger partial charge in [-0.25, -0.2) is 4.79 Å². The molecule has 3 fully saturated rings. The SMILES string of the molecule is C=C1C(=O)O[C@H]2C[C@@H](C)[C@H]3C[C@H](O)O[C@H](O)[C@]3(C)C[C@@H]12. The number of ether oxygens (including phenoxy) is 2. The minimum absolute atomic E-state index is 0.0616. The van der Waals surface area contributed by atoms with Crippen molar-refractivity contribution in [1.29, 1.82) is 0 Å². The van der Waals surface area contributed by atoms with Crippen LogP contribution in [0.3, 0.4) is 0 Å². The van der Waals surface area contributed by atoms with Gasteiger partial charge in [0.2, 0.25) is 0 Å². The van der Waals surface area contributed by atoms with Gasteiger partial charge in [0.25, 0.3) is 0 Å². The van der Waals surface area contributed by atoms with E-state index in [0.717, 1.165) is 6.42 Å². The quantitative estimate of drug-likeness (QED) is 0.515. The van der Waals surface area contributed by atoms with Gasteiger partial charge in [-0.1, -0.05) is 20.4 Å². The first-order valence-corrected chi connectivity index (χ1v) is 7.24. The number of hydrogen-bond acceptors (Lipinski definition) is 5. The van der Waals surface area contributed by atoms with Crippen LogP contribution in [0, 0.1) is 23.2 Å². The average molecular weight is 282 g/mol. The van der Waals surface area contributed by atoms with Gasteiger partial charge < -0.3 is 19.7 Å². The second-order valence-corrected chi connectivity index (χ2v) is 6.78. The molecule has 1 saturated carbocycles. The Bertz CT molecular complexity index is 448. The summed E-state index contributed by atoms with van der Waals surface area (Å²) < 4.78 is 10.6. The Morgan fingerprint density at radius 1 is 1.35 bits per heavy atom. The van der Waals surface area contributed by atoms with E-state index in [1.807, 2.05) is 6.92 Å². The summed E-state index contributed by atoms with van der Waals surface area (Å²) in [5.74, 6) is -0.00537. The Kier molecular flexibility index (Phi) is 3.19. The molecule has 20 heavy (non-hydrogen) atoms. The van der Waals surface area contributed by atoms with E-state index in [2.05, 4.69) is 13.5 Å². The third-order valence-corrected chi connectivity index (χ3v) is 5.52. The van der Waals surface area contributed by atoms with Crippen molar-refractivity contribution in [3.8, 4) is 0 Å². The van der Waals surface area contributed by atoms with Crippen LogP contribution >= 0.6 is 0 Å². The lowest BCUT2D eigenvalue weighted by atomic mass is 9.65. The molecular formula is C15H22O5. The Hall–Kier alpha value is -0.910. The lowest BCUT2D eigenvalue weighted by Gasteiger charge is -2.48. The minimum Gasteiger partial charge on any atom is -0.458 e. The van der Waals surface area contributed by atoms with Crippen LogP contribution in [0.15, 0.2) is 12.2 Å². The van der Waals surface area contributed by atoms with Crippen LogP contribution in [0.25, 0.3) is 0 Å². The minimum atomic E-state index is -1.03. The van der Waals surface area contributed by atoms with Gasteiger partial charge in [-0.15, -0.1) is 0 Å². The molecular weight excluding hydrogens is 260 g/mol. The largest absolute Gasteiger partial charge is 0.458 e. The molecule has 5 heteroatoms. The number of carbonyl (C=O) groups excluding carboxylic acids is 1. The van der Waals surface area contributed by atoms with E-state index in [1.165, 1.54) is 0 Å². The van der Waals surface area contributed by atoms with E-state index < -0.39 is 18.0 Å². The number of esters is 1. The third kappa shape index (κ3) is 1.91. The highest BCUT2D eigenvalue weighted by molar-refractivity contribution is 5.90. The molecule has 2 N–H and O–H groups in total. The summed E-state index contributed by atoms with van der Waals surface area (Å²) in [7, 11) is 0. The molecule has 0 aromatic carbocycles. The predicted molar refractivity (Wildman–Crippen MR) is 70.2 cm³/mol. The highest BCUT2D eigenvalue weighted by Gasteiger charge is 2.56. The standard InChI is InChI=1S/C15H22O5/c1-7-4-11-9(8(2)13(17)19-11)6-15(3)10(7)5-12(16)20-14(15)18/h7,9-12,14,16,18H,2,4-6H2,1,3H3/t7-,9+,10-,11+,12-,14+,15-/m1/s1. The van der Waals surface area contributed by atoms with Gasteiger partial charge in [-0.2, -0.15) is 0 Å². The van der Waals surface area contributed by atoms with Crippen LogP contribution in [0.1, 0.15) is 33.1 Å². The van der Waals surface area contributed by atoms with Crippen molar-refractivity contribution in [2.45, 2.75) is 51.8 Å². The lowest BCUT2D eigenvalue weighted by Crippen LogP contribution is -2.51. The van der Waals surface area contributed by atoms with Crippen LogP contribution in [0.2, 0.25) is 0 Å². The van der Waals surface area contributed by atoms with Crippen molar-refractivity contribution in [1.82, 2.24) is 0 Å². The molecule has 0 unspecified atom stereocenters. The highest BCUT2D eigenvalue weighted by atomic mass is 16.7. The average Bonchev–Trinajstić information content (AvgIpc) is 2.55. The molecule has 7 atom stereocenters. The smallest absolute Gasteiger partial charge is 0.334 e. The summed E-state index contributed by atoms with van der Waals surface area (Å²) in [6.07, 6.45) is -0.249. The fraction of sp³-hybridized carbons (Fsp3) is 0.800. The number of hydrogen-bond donors (Lipinski definition) is 2. The first-order valence-electron chi connectivity index (χ1n) is 7.24. The van der Waals surface area contributed by atoms with Crippen molar-refractivity contribution in [3.05, 3.63) is 12.2 Å². The van der Waals surface area contributed by atoms with Crippen molar-refractivity contribution in [2.24, 2.45) is 23.2 Å². The molecule has 0 spiro atoms. The van der Waals surface area contributed by atoms with E-state index >= 15 is 0 Å². The zero-order valence-electron chi connectivity index (χ0n) is 11.9. The summed E-state index contributed by atoms with van der Waals surface area (Å²) in [5, 5.41) is 20.1. The van der Waals surface area contributed by atoms with E-state index in [-0.39, 0.29) is 29.8 Å². The molecule has 2 saturated heterocycles. The molecule has 5 nitrogen and oxygen atoms in total. The van der Waals surface area contributed by atoms with Gasteiger partial charge in [0.15, 0.2) is 12.6 Å². The molecule has 0 aromatic heterocycles. The summed E-state index contributed by atoms with van der Waals surface area (Å²) >= 11 is 0. The zero-order valence-corrected chi connectivity index (χ0v) is 11.9. The van der Waals surface area contributed by atoms with Gasteiger partial charge in [-0.05, 0) is 24.7 Å². The molecule has 3 aliphatic rings. The van der Waals surface area contributed by atoms with Crippen molar-refractivity contribution >= 4 is 5.97 Å². The van der Waals surface area contributed by atoms with E-state index in [0.29, 0.717) is 18.4 Å². The third-order valence-electron chi connectivity index (χ3n) is 5.52. The molecule has 0 radical (unpaired) electrons. The van der Waals surface area contributed by atoms with Gasteiger partial charge in [0.05, 0.1) is 0 Å². The second kappa shape index (κ2) is 4.55. The Balaban J connectivity index is 1.96. The van der Waals surface area contributed by atoms with Crippen LogP contribution in [0.4, 0.5) is 0 Å². The maximum absolute atomic E-state index is 11.7. The maximum atomic E-state index is 11.7. The number of fused-ring (bicyclic) bond motifs is 2. The number of carbonyl (C=O) groups is 1. The number of rotatable bonds is 0. The molecule has 0 amide bonds. The van der Waals surface area contributed by atoms with Crippen LogP contribution in [-0.4, -0.2) is 34.9 Å². The monoisotopic (exact) mass is 282 g/mol. The molecule has 0 bridgehead atoms. The molecule has 1 aliphatic carbocycles. The molecule has 3 rings (SSSR count). The van der Waals surface area contributed by atoms with E-state index in [1.54, 1.807) is 0 Å². The number of aliphatic hydroxyl groups excluding tert-OH is 2. The van der Waals surface area contributed by atoms with Gasteiger partial charge >= 0.3 is 5.97 Å². The first kappa shape index (κ1) is 14.0. The van der Waals surface area contributed by atoms with Crippen molar-refractivity contribution in [2.75, 3.05) is 0 Å². The Labute approximate surface area is 118 Å². The zero-order chi connectivity index (χ0) is 14.7. The topological polar surface area (TPSA) is 76.0 Å². The lowest BCUT2D eigenvalue weighted by molar-refractivity contribution is -0.304. The highest BCUT2D eigenvalue weighted by Crippen LogP contribution is 2.54. The summed E-state index contributed by atoms with van der Waals surface area (Å²) in [6.45, 7) is 7.91. The van der Waals surface area contributed by atoms with Crippen LogP contribution < -0.4 is 0 Å². The van der Waals surface area contributed by atoms with E-state index in [4.69, 9.17) is 9.47 Å². The van der Waals surface area contributed by atoms with Gasteiger partial charge in [0, 0.05) is 23.3 Å². The van der Waals surface area contributed by atoms with E-state index in [9.17, 15) is 15.0 Å². The normalized spacial score (nSPS) is 52.0. The van der Waals surface area contributed by atoms with Gasteiger partial charge in [-0.3, -0.25) is 0 Å². The van der Waals surface area contributed by atoms with Gasteiger partial charge in [0.1, 0.15) is 6.10 Å². The fourth-order valence-corrected chi connectivity index (χ4v) is 4.31.